The third-order valence-electron chi connectivity index (χ3n) is 5.67. The summed E-state index contributed by atoms with van der Waals surface area (Å²) in [6.45, 7) is 2.90. The number of carbonyl (C=O) groups is 1. The zero-order chi connectivity index (χ0) is 23.7. The first kappa shape index (κ1) is 21.6. The SMILES string of the molecule is CCn1nc(NC(=O)c2ccccc2)[n+]2c1CN=C(c1ccccc1Cl)c1cc(C#N)ccc1-2. The van der Waals surface area contributed by atoms with Crippen molar-refractivity contribution < 1.29 is 9.36 Å². The summed E-state index contributed by atoms with van der Waals surface area (Å²) in [5.41, 5.74) is 3.99. The molecule has 0 spiro atoms. The highest BCUT2D eigenvalue weighted by Gasteiger charge is 2.32. The zero-order valence-corrected chi connectivity index (χ0v) is 19.1. The van der Waals surface area contributed by atoms with E-state index in [4.69, 9.17) is 16.6 Å². The number of aliphatic imine (C=N–C) groups is 1. The lowest BCUT2D eigenvalue weighted by molar-refractivity contribution is -0.590. The number of nitriles is 1. The smallest absolute Gasteiger partial charge is 0.274 e. The van der Waals surface area contributed by atoms with Gasteiger partial charge in [0.25, 0.3) is 5.91 Å². The Bertz CT molecular complexity index is 1480. The fraction of sp³-hybridized carbons (Fsp3) is 0.115. The fourth-order valence-corrected chi connectivity index (χ4v) is 4.29. The van der Waals surface area contributed by atoms with Gasteiger partial charge in [0.1, 0.15) is 12.2 Å². The number of nitrogens with one attached hydrogen (secondary N) is 1. The van der Waals surface area contributed by atoms with Crippen molar-refractivity contribution >= 4 is 29.2 Å². The van der Waals surface area contributed by atoms with Crippen LogP contribution in [0.15, 0.2) is 77.8 Å². The Morgan fingerprint density at radius 3 is 2.62 bits per heavy atom. The van der Waals surface area contributed by atoms with Gasteiger partial charge in [-0.1, -0.05) is 48.0 Å². The van der Waals surface area contributed by atoms with Gasteiger partial charge in [-0.05, 0) is 43.3 Å². The zero-order valence-electron chi connectivity index (χ0n) is 18.4. The van der Waals surface area contributed by atoms with E-state index >= 15 is 0 Å². The first-order chi connectivity index (χ1) is 16.6. The number of amides is 1. The molecular weight excluding hydrogens is 448 g/mol. The van der Waals surface area contributed by atoms with Gasteiger partial charge >= 0.3 is 5.95 Å². The Balaban J connectivity index is 1.71. The van der Waals surface area contributed by atoms with E-state index in [9.17, 15) is 10.1 Å². The minimum absolute atomic E-state index is 0.261. The van der Waals surface area contributed by atoms with Crippen LogP contribution in [0.1, 0.15) is 39.8 Å². The van der Waals surface area contributed by atoms with Crippen LogP contribution < -0.4 is 9.88 Å². The molecule has 3 aromatic carbocycles. The van der Waals surface area contributed by atoms with E-state index < -0.39 is 0 Å². The monoisotopic (exact) mass is 467 g/mol. The number of aryl methyl sites for hydroxylation is 1. The standard InChI is InChI=1S/C26H19ClN6O/c1-2-32-23-16-29-24(19-10-6-7-11-21(19)27)20-14-17(15-28)12-13-22(20)33(23)26(31-32)30-25(34)18-8-4-3-5-9-18/h3-14H,2,16H2,1H3/p+1. The van der Waals surface area contributed by atoms with Gasteiger partial charge in [-0.2, -0.15) is 9.83 Å². The summed E-state index contributed by atoms with van der Waals surface area (Å²) in [4.78, 5) is 17.9. The second-order valence-electron chi connectivity index (χ2n) is 7.70. The van der Waals surface area contributed by atoms with E-state index in [1.54, 1.807) is 24.3 Å². The third-order valence-corrected chi connectivity index (χ3v) is 6.00. The van der Waals surface area contributed by atoms with Gasteiger partial charge in [-0.25, -0.2) is 5.32 Å². The summed E-state index contributed by atoms with van der Waals surface area (Å²) < 4.78 is 3.72. The molecular formula is C26H20ClN6O+. The number of nitrogens with zero attached hydrogens (tertiary/aromatic N) is 5. The molecule has 0 radical (unpaired) electrons. The van der Waals surface area contributed by atoms with Crippen molar-refractivity contribution in [2.24, 2.45) is 4.99 Å². The number of carbonyl (C=O) groups excluding carboxylic acids is 1. The van der Waals surface area contributed by atoms with E-state index in [1.165, 1.54) is 0 Å². The molecule has 2 heterocycles. The quantitative estimate of drug-likeness (QED) is 0.454. The second-order valence-corrected chi connectivity index (χ2v) is 8.11. The Morgan fingerprint density at radius 2 is 1.88 bits per heavy atom. The Kier molecular flexibility index (Phi) is 5.66. The van der Waals surface area contributed by atoms with Crippen LogP contribution in [0.5, 0.6) is 0 Å². The predicted octanol–water partition coefficient (Wildman–Crippen LogP) is 4.31. The molecule has 0 atom stereocenters. The molecule has 0 fully saturated rings. The van der Waals surface area contributed by atoms with Gasteiger partial charge in [0.15, 0.2) is 0 Å². The van der Waals surface area contributed by atoms with Crippen LogP contribution >= 0.6 is 11.6 Å². The average molecular weight is 468 g/mol. The van der Waals surface area contributed by atoms with Gasteiger partial charge in [-0.15, -0.1) is 4.68 Å². The number of halogens is 1. The van der Waals surface area contributed by atoms with Crippen LogP contribution in [0.25, 0.3) is 5.69 Å². The highest BCUT2D eigenvalue weighted by molar-refractivity contribution is 6.35. The van der Waals surface area contributed by atoms with Crippen LogP contribution in [-0.4, -0.2) is 21.4 Å². The van der Waals surface area contributed by atoms with Crippen LogP contribution in [0.2, 0.25) is 5.02 Å². The van der Waals surface area contributed by atoms with Crippen LogP contribution in [-0.2, 0) is 13.1 Å². The molecule has 0 aliphatic carbocycles. The molecule has 34 heavy (non-hydrogen) atoms. The van der Waals surface area contributed by atoms with Crippen molar-refractivity contribution in [1.29, 1.82) is 5.26 Å². The van der Waals surface area contributed by atoms with E-state index in [0.29, 0.717) is 40.9 Å². The maximum Gasteiger partial charge on any atom is 0.390 e. The average Bonchev–Trinajstić information content (AvgIpc) is 3.12. The summed E-state index contributed by atoms with van der Waals surface area (Å²) in [5.74, 6) is 0.925. The molecule has 1 aromatic heterocycles. The maximum atomic E-state index is 13.0. The fourth-order valence-electron chi connectivity index (χ4n) is 4.07. The molecule has 8 heteroatoms. The molecule has 5 rings (SSSR count). The van der Waals surface area contributed by atoms with E-state index in [-0.39, 0.29) is 5.91 Å². The van der Waals surface area contributed by atoms with Gasteiger partial charge in [0.05, 0.1) is 29.5 Å². The number of hydrogen-bond donors (Lipinski definition) is 1. The highest BCUT2D eigenvalue weighted by Crippen LogP contribution is 2.27. The summed E-state index contributed by atoms with van der Waals surface area (Å²) in [7, 11) is 0. The molecule has 4 aromatic rings. The molecule has 1 N–H and O–H groups in total. The number of fused-ring (bicyclic) bond motifs is 3. The van der Waals surface area contributed by atoms with E-state index in [0.717, 1.165) is 22.6 Å². The minimum atomic E-state index is -0.261. The molecule has 0 bridgehead atoms. The molecule has 1 aliphatic rings. The molecule has 7 nitrogen and oxygen atoms in total. The van der Waals surface area contributed by atoms with E-state index in [2.05, 4.69) is 16.5 Å². The second kappa shape index (κ2) is 8.93. The maximum absolute atomic E-state index is 13.0. The topological polar surface area (TPSA) is 87.0 Å². The first-order valence-corrected chi connectivity index (χ1v) is 11.2. The molecule has 0 saturated carbocycles. The van der Waals surface area contributed by atoms with Gasteiger partial charge in [-0.3, -0.25) is 9.79 Å². The van der Waals surface area contributed by atoms with E-state index in [1.807, 2.05) is 64.7 Å². The van der Waals surface area contributed by atoms with Crippen molar-refractivity contribution in [2.75, 3.05) is 5.32 Å². The predicted molar refractivity (Wildman–Crippen MR) is 129 cm³/mol. The number of hydrogen-bond acceptors (Lipinski definition) is 4. The lowest BCUT2D eigenvalue weighted by Gasteiger charge is -2.12. The number of anilines is 1. The van der Waals surface area contributed by atoms with Crippen molar-refractivity contribution in [1.82, 2.24) is 9.78 Å². The lowest BCUT2D eigenvalue weighted by atomic mass is 9.98. The van der Waals surface area contributed by atoms with Gasteiger partial charge in [0, 0.05) is 21.2 Å². The normalized spacial score (nSPS) is 12.1. The van der Waals surface area contributed by atoms with Crippen LogP contribution in [0.4, 0.5) is 5.95 Å². The van der Waals surface area contributed by atoms with Crippen molar-refractivity contribution in [3.8, 4) is 11.8 Å². The highest BCUT2D eigenvalue weighted by atomic mass is 35.5. The van der Waals surface area contributed by atoms with Crippen LogP contribution in [0.3, 0.4) is 0 Å². The summed E-state index contributed by atoms with van der Waals surface area (Å²) in [6.07, 6.45) is 0. The first-order valence-electron chi connectivity index (χ1n) is 10.8. The number of rotatable bonds is 4. The molecule has 0 unspecified atom stereocenters. The van der Waals surface area contributed by atoms with Crippen molar-refractivity contribution in [2.45, 2.75) is 20.0 Å². The molecule has 0 saturated heterocycles. The summed E-state index contributed by atoms with van der Waals surface area (Å²) in [5, 5.41) is 17.7. The Labute approximate surface area is 201 Å². The molecule has 1 aliphatic heterocycles. The minimum Gasteiger partial charge on any atom is -0.274 e. The molecule has 1 amide bonds. The lowest BCUT2D eigenvalue weighted by Crippen LogP contribution is -2.39. The van der Waals surface area contributed by atoms with Crippen molar-refractivity contribution in [3.05, 3.63) is 106 Å². The summed E-state index contributed by atoms with van der Waals surface area (Å²) in [6, 6.07) is 24.1. The van der Waals surface area contributed by atoms with Gasteiger partial charge < -0.3 is 0 Å². The Hall–Kier alpha value is -4.28. The third kappa shape index (κ3) is 3.74. The van der Waals surface area contributed by atoms with Crippen LogP contribution in [0, 0.1) is 11.3 Å². The molecule has 166 valence electrons. The summed E-state index contributed by atoms with van der Waals surface area (Å²) >= 11 is 6.54. The number of benzene rings is 3. The van der Waals surface area contributed by atoms with Crippen molar-refractivity contribution in [3.63, 3.8) is 0 Å². The number of aromatic nitrogens is 3. The Morgan fingerprint density at radius 1 is 1.12 bits per heavy atom. The van der Waals surface area contributed by atoms with Gasteiger partial charge in [0.2, 0.25) is 5.82 Å². The largest absolute Gasteiger partial charge is 0.390 e.